The first kappa shape index (κ1) is 17.3. The lowest BCUT2D eigenvalue weighted by molar-refractivity contribution is 0.356. The second-order valence-corrected chi connectivity index (χ2v) is 7.88. The third-order valence-corrected chi connectivity index (χ3v) is 6.06. The summed E-state index contributed by atoms with van der Waals surface area (Å²) in [6.07, 6.45) is 0.873. The van der Waals surface area contributed by atoms with Gasteiger partial charge in [-0.2, -0.15) is 5.26 Å². The molecular weight excluding hydrogens is 350 g/mol. The van der Waals surface area contributed by atoms with E-state index in [2.05, 4.69) is 46.3 Å². The molecule has 1 atom stereocenters. The molecule has 0 aliphatic carbocycles. The van der Waals surface area contributed by atoms with Gasteiger partial charge in [-0.05, 0) is 23.8 Å². The molecule has 1 aromatic heterocycles. The van der Waals surface area contributed by atoms with E-state index in [1.165, 1.54) is 22.5 Å². The molecule has 0 amide bonds. The maximum absolute atomic E-state index is 9.35. The predicted molar refractivity (Wildman–Crippen MR) is 109 cm³/mol. The predicted octanol–water partition coefficient (Wildman–Crippen LogP) is 2.42. The summed E-state index contributed by atoms with van der Waals surface area (Å²) in [5, 5.41) is 12.8. The maximum Gasteiger partial charge on any atom is 0.142 e. The van der Waals surface area contributed by atoms with Gasteiger partial charge in [-0.1, -0.05) is 13.0 Å². The monoisotopic (exact) mass is 375 g/mol. The molecule has 0 bridgehead atoms. The molecule has 6 heteroatoms. The number of anilines is 2. The summed E-state index contributed by atoms with van der Waals surface area (Å²) in [5.74, 6) is 2.25. The smallest absolute Gasteiger partial charge is 0.142 e. The molecule has 0 saturated carbocycles. The van der Waals surface area contributed by atoms with Crippen LogP contribution in [-0.4, -0.2) is 44.3 Å². The molecule has 1 fully saturated rings. The fourth-order valence-electron chi connectivity index (χ4n) is 4.66. The molecule has 2 aromatic rings. The molecular formula is C22H25N5O. The van der Waals surface area contributed by atoms with Crippen molar-refractivity contribution in [1.82, 2.24) is 10.3 Å². The zero-order chi connectivity index (χ0) is 19.1. The lowest BCUT2D eigenvalue weighted by Crippen LogP contribution is -2.44. The fraction of sp³-hybridized carbons (Fsp3) is 0.455. The van der Waals surface area contributed by atoms with Gasteiger partial charge in [0.25, 0.3) is 0 Å². The van der Waals surface area contributed by atoms with E-state index in [1.807, 2.05) is 6.07 Å². The van der Waals surface area contributed by atoms with Crippen LogP contribution in [0.15, 0.2) is 24.3 Å². The van der Waals surface area contributed by atoms with E-state index in [4.69, 9.17) is 9.72 Å². The Bertz CT molecular complexity index is 945. The number of nitrogens with zero attached hydrogens (tertiary/aromatic N) is 4. The Kier molecular flexibility index (Phi) is 4.33. The first-order valence-electron chi connectivity index (χ1n) is 10.1. The molecule has 3 aliphatic heterocycles. The number of fused-ring (bicyclic) bond motifs is 2. The molecule has 6 nitrogen and oxygen atoms in total. The molecule has 0 unspecified atom stereocenters. The molecule has 4 heterocycles. The van der Waals surface area contributed by atoms with Crippen molar-refractivity contribution in [3.63, 3.8) is 0 Å². The Morgan fingerprint density at radius 3 is 2.86 bits per heavy atom. The van der Waals surface area contributed by atoms with Gasteiger partial charge in [0.2, 0.25) is 0 Å². The van der Waals surface area contributed by atoms with Crippen LogP contribution in [0.2, 0.25) is 0 Å². The van der Waals surface area contributed by atoms with Gasteiger partial charge in [0.1, 0.15) is 17.6 Å². The number of nitriles is 1. The highest BCUT2D eigenvalue weighted by Crippen LogP contribution is 2.40. The summed E-state index contributed by atoms with van der Waals surface area (Å²) in [6, 6.07) is 10.7. The lowest BCUT2D eigenvalue weighted by atomic mass is 9.94. The van der Waals surface area contributed by atoms with Crippen molar-refractivity contribution in [2.24, 2.45) is 0 Å². The topological polar surface area (TPSA) is 64.4 Å². The molecule has 5 rings (SSSR count). The Balaban J connectivity index is 1.45. The van der Waals surface area contributed by atoms with Gasteiger partial charge in [-0.3, -0.25) is 0 Å². The van der Waals surface area contributed by atoms with E-state index in [9.17, 15) is 5.26 Å². The van der Waals surface area contributed by atoms with E-state index < -0.39 is 0 Å². The summed E-state index contributed by atoms with van der Waals surface area (Å²) in [5.41, 5.74) is 5.56. The van der Waals surface area contributed by atoms with Crippen LogP contribution in [0.25, 0.3) is 0 Å². The van der Waals surface area contributed by atoms with Gasteiger partial charge in [-0.25, -0.2) is 4.98 Å². The Morgan fingerprint density at radius 2 is 2.04 bits per heavy atom. The van der Waals surface area contributed by atoms with E-state index >= 15 is 0 Å². The minimum Gasteiger partial charge on any atom is -0.491 e. The summed E-state index contributed by atoms with van der Waals surface area (Å²) in [7, 11) is 0. The Morgan fingerprint density at radius 1 is 1.18 bits per heavy atom. The van der Waals surface area contributed by atoms with E-state index in [0.717, 1.165) is 57.3 Å². The number of pyridine rings is 1. The van der Waals surface area contributed by atoms with Crippen LogP contribution < -0.4 is 19.9 Å². The number of aromatic nitrogens is 1. The first-order valence-corrected chi connectivity index (χ1v) is 10.1. The van der Waals surface area contributed by atoms with Crippen molar-refractivity contribution in [1.29, 1.82) is 5.26 Å². The molecule has 1 saturated heterocycles. The van der Waals surface area contributed by atoms with Crippen LogP contribution in [0.1, 0.15) is 35.2 Å². The summed E-state index contributed by atoms with van der Waals surface area (Å²) < 4.78 is 5.76. The van der Waals surface area contributed by atoms with Gasteiger partial charge in [0, 0.05) is 62.9 Å². The van der Waals surface area contributed by atoms with Gasteiger partial charge < -0.3 is 19.9 Å². The standard InChI is InChI=1S/C22H25N5O/c1-15-13-27(19-4-2-16(12-23)22-18(19)6-11-28-22)14-17-3-5-20(25-21(15)17)26-9-7-24-8-10-26/h2-5,15,24H,6-11,13-14H2,1H3/t15-/m1/s1. The second kappa shape index (κ2) is 6.99. The Labute approximate surface area is 165 Å². The van der Waals surface area contributed by atoms with Crippen molar-refractivity contribution in [2.75, 3.05) is 49.1 Å². The molecule has 0 spiro atoms. The number of nitrogens with one attached hydrogen (secondary N) is 1. The molecule has 1 N–H and O–H groups in total. The van der Waals surface area contributed by atoms with E-state index in [-0.39, 0.29) is 0 Å². The van der Waals surface area contributed by atoms with Crippen molar-refractivity contribution >= 4 is 11.5 Å². The van der Waals surface area contributed by atoms with Crippen molar-refractivity contribution < 1.29 is 4.74 Å². The zero-order valence-corrected chi connectivity index (χ0v) is 16.2. The van der Waals surface area contributed by atoms with Crippen LogP contribution in [0.3, 0.4) is 0 Å². The van der Waals surface area contributed by atoms with Crippen LogP contribution >= 0.6 is 0 Å². The van der Waals surface area contributed by atoms with Crippen molar-refractivity contribution in [3.8, 4) is 11.8 Å². The van der Waals surface area contributed by atoms with Gasteiger partial charge in [0.15, 0.2) is 0 Å². The number of ether oxygens (including phenoxy) is 1. The molecule has 1 aromatic carbocycles. The average molecular weight is 375 g/mol. The van der Waals surface area contributed by atoms with E-state index in [1.54, 1.807) is 0 Å². The Hall–Kier alpha value is -2.78. The van der Waals surface area contributed by atoms with Crippen molar-refractivity contribution in [3.05, 3.63) is 46.6 Å². The number of rotatable bonds is 2. The third kappa shape index (κ3) is 2.87. The van der Waals surface area contributed by atoms with Crippen LogP contribution in [0, 0.1) is 11.3 Å². The number of hydrogen-bond acceptors (Lipinski definition) is 6. The zero-order valence-electron chi connectivity index (χ0n) is 16.2. The summed E-state index contributed by atoms with van der Waals surface area (Å²) >= 11 is 0. The maximum atomic E-state index is 9.35. The fourth-order valence-corrected chi connectivity index (χ4v) is 4.66. The molecule has 3 aliphatic rings. The molecule has 0 radical (unpaired) electrons. The van der Waals surface area contributed by atoms with Crippen LogP contribution in [0.4, 0.5) is 11.5 Å². The second-order valence-electron chi connectivity index (χ2n) is 7.88. The van der Waals surface area contributed by atoms with Crippen LogP contribution in [-0.2, 0) is 13.0 Å². The minimum atomic E-state index is 0.361. The number of hydrogen-bond donors (Lipinski definition) is 1. The van der Waals surface area contributed by atoms with Gasteiger partial charge in [0.05, 0.1) is 17.9 Å². The third-order valence-electron chi connectivity index (χ3n) is 6.06. The lowest BCUT2D eigenvalue weighted by Gasteiger charge is -2.36. The molecule has 144 valence electrons. The minimum absolute atomic E-state index is 0.361. The normalized spacial score (nSPS) is 20.9. The average Bonchev–Trinajstić information content (AvgIpc) is 3.23. The first-order chi connectivity index (χ1) is 13.7. The summed E-state index contributed by atoms with van der Waals surface area (Å²) in [4.78, 5) is 9.85. The van der Waals surface area contributed by atoms with E-state index in [0.29, 0.717) is 18.1 Å². The number of piperazine rings is 1. The molecule has 28 heavy (non-hydrogen) atoms. The summed E-state index contributed by atoms with van der Waals surface area (Å²) in [6.45, 7) is 8.79. The van der Waals surface area contributed by atoms with Crippen LogP contribution in [0.5, 0.6) is 5.75 Å². The highest BCUT2D eigenvalue weighted by atomic mass is 16.5. The van der Waals surface area contributed by atoms with Gasteiger partial charge >= 0.3 is 0 Å². The highest BCUT2D eigenvalue weighted by molar-refractivity contribution is 5.66. The largest absolute Gasteiger partial charge is 0.491 e. The SMILES string of the molecule is C[C@@H]1CN(c2ccc(C#N)c3c2CCO3)Cc2ccc(N3CCNCC3)nc21. The highest BCUT2D eigenvalue weighted by Gasteiger charge is 2.29. The van der Waals surface area contributed by atoms with Crippen molar-refractivity contribution in [2.45, 2.75) is 25.8 Å². The number of benzene rings is 1. The van der Waals surface area contributed by atoms with Gasteiger partial charge in [-0.15, -0.1) is 0 Å². The quantitative estimate of drug-likeness (QED) is 0.870.